The molecule has 0 saturated heterocycles. The van der Waals surface area contributed by atoms with Gasteiger partial charge in [-0.05, 0) is 161 Å². The van der Waals surface area contributed by atoms with E-state index in [1.165, 1.54) is 134 Å². The van der Waals surface area contributed by atoms with Gasteiger partial charge in [-0.1, -0.05) is 201 Å². The number of rotatable bonds is 3. The zero-order chi connectivity index (χ0) is 57.0. The van der Waals surface area contributed by atoms with Gasteiger partial charge in [0.1, 0.15) is 11.2 Å². The quantitative estimate of drug-likeness (QED) is 0.127. The summed E-state index contributed by atoms with van der Waals surface area (Å²) in [5, 5.41) is 2.53. The average Bonchev–Trinajstić information content (AvgIpc) is 1.89. The number of allylic oxidation sites excluding steroid dienone is 2. The van der Waals surface area contributed by atoms with E-state index in [0.29, 0.717) is 4.59 Å². The largest absolute Gasteiger partial charge is 0.510 e. The van der Waals surface area contributed by atoms with Crippen molar-refractivity contribution < 1.29 is 9.25 Å². The molecule has 3 unspecified atom stereocenters. The molecule has 5 heteroatoms. The van der Waals surface area contributed by atoms with Crippen LogP contribution >= 0.6 is 0 Å². The van der Waals surface area contributed by atoms with E-state index in [1.54, 1.807) is 0 Å². The normalized spacial score (nSPS) is 18.8. The molecule has 1 spiro atoms. The second-order valence-corrected chi connectivity index (χ2v) is 29.5. The molecule has 5 aliphatic rings. The molecule has 1 aliphatic carbocycles. The van der Waals surface area contributed by atoms with Crippen LogP contribution in [0.5, 0.6) is 0 Å². The highest BCUT2D eigenvalue weighted by Gasteiger charge is 2.75. The number of benzene rings is 7. The van der Waals surface area contributed by atoms with E-state index in [1.807, 2.05) is 0 Å². The number of aromatic nitrogens is 2. The topological polar surface area (TPSA) is 15.1 Å². The number of guanidine groups is 1. The number of para-hydroxylation sites is 3. The Morgan fingerprint density at radius 3 is 1.53 bits per heavy atom. The molecule has 4 aliphatic heterocycles. The van der Waals surface area contributed by atoms with Crippen LogP contribution in [0.2, 0.25) is 0 Å². The van der Waals surface area contributed by atoms with Gasteiger partial charge in [0, 0.05) is 32.6 Å². The van der Waals surface area contributed by atoms with E-state index in [-0.39, 0.29) is 39.2 Å². The maximum atomic E-state index is 2.86. The summed E-state index contributed by atoms with van der Waals surface area (Å²) in [5.41, 5.74) is 26.3. The molecule has 5 nitrogen and oxygen atoms in total. The molecule has 0 amide bonds. The first-order valence-corrected chi connectivity index (χ1v) is 29.7. The second kappa shape index (κ2) is 16.8. The lowest BCUT2D eigenvalue weighted by molar-refractivity contribution is -0.775. The fraction of sp³-hybridized carbons (Fsp3) is 0.316. The molecule has 0 saturated carbocycles. The number of anilines is 1. The van der Waals surface area contributed by atoms with Crippen LogP contribution in [0.1, 0.15) is 143 Å². The summed E-state index contributed by atoms with van der Waals surface area (Å²) >= 11 is 0. The molecular weight excluding hydrogens is 983 g/mol. The Bertz CT molecular complexity index is 4180. The van der Waals surface area contributed by atoms with E-state index < -0.39 is 0 Å². The third-order valence-corrected chi connectivity index (χ3v) is 18.9. The third kappa shape index (κ3) is 7.25. The lowest BCUT2D eigenvalue weighted by atomic mass is 9.77. The van der Waals surface area contributed by atoms with Gasteiger partial charge in [-0.3, -0.25) is 0 Å². The minimum absolute atomic E-state index is 0.0403. The Morgan fingerprint density at radius 1 is 0.444 bits per heavy atom. The first-order chi connectivity index (χ1) is 38.2. The number of pyridine rings is 1. The van der Waals surface area contributed by atoms with E-state index >= 15 is 0 Å². The van der Waals surface area contributed by atoms with Crippen molar-refractivity contribution in [3.63, 3.8) is 0 Å². The third-order valence-electron chi connectivity index (χ3n) is 18.9. The van der Waals surface area contributed by atoms with Crippen LogP contribution in [0.15, 0.2) is 164 Å². The highest BCUT2D eigenvalue weighted by Crippen LogP contribution is 2.64. The van der Waals surface area contributed by atoms with Crippen LogP contribution < -0.4 is 14.2 Å². The van der Waals surface area contributed by atoms with Crippen molar-refractivity contribution in [1.29, 1.82) is 0 Å². The number of aryl methyl sites for hydroxylation is 2. The van der Waals surface area contributed by atoms with Gasteiger partial charge >= 0.3 is 11.8 Å². The fourth-order valence-electron chi connectivity index (χ4n) is 14.2. The summed E-state index contributed by atoms with van der Waals surface area (Å²) < 4.78 is 8.52. The van der Waals surface area contributed by atoms with Crippen LogP contribution in [-0.4, -0.2) is 27.2 Å². The molecule has 2 aromatic heterocycles. The van der Waals surface area contributed by atoms with Crippen LogP contribution in [-0.2, 0) is 27.1 Å². The van der Waals surface area contributed by atoms with Crippen LogP contribution in [0.3, 0.4) is 0 Å². The first-order valence-electron chi connectivity index (χ1n) is 29.7. The van der Waals surface area contributed by atoms with Crippen molar-refractivity contribution in [1.82, 2.24) is 9.16 Å². The van der Waals surface area contributed by atoms with Gasteiger partial charge in [-0.25, -0.2) is 0 Å². The summed E-state index contributed by atoms with van der Waals surface area (Å²) in [6.45, 7) is 40.1. The van der Waals surface area contributed by atoms with Gasteiger partial charge in [0.25, 0.3) is 0 Å². The molecule has 0 fully saturated rings. The maximum absolute atomic E-state index is 2.86. The van der Waals surface area contributed by atoms with Crippen molar-refractivity contribution >= 4 is 50.5 Å². The van der Waals surface area contributed by atoms with Gasteiger partial charge in [0.2, 0.25) is 16.9 Å². The molecule has 3 atom stereocenters. The molecule has 7 aromatic carbocycles. The minimum Gasteiger partial charge on any atom is -0.181 e. The lowest BCUT2D eigenvalue weighted by Crippen LogP contribution is -2.75. The summed E-state index contributed by atoms with van der Waals surface area (Å²) in [6, 6.07) is 53.4. The molecule has 81 heavy (non-hydrogen) atoms. The second-order valence-electron chi connectivity index (χ2n) is 29.5. The highest BCUT2D eigenvalue weighted by molar-refractivity contribution is 6.26. The molecule has 0 N–H and O–H groups in total. The van der Waals surface area contributed by atoms with Crippen LogP contribution in [0.25, 0.3) is 72.1 Å². The highest BCUT2D eigenvalue weighted by atomic mass is 15.8. The van der Waals surface area contributed by atoms with Crippen molar-refractivity contribution in [2.24, 2.45) is 0 Å². The zero-order valence-corrected chi connectivity index (χ0v) is 51.0. The minimum atomic E-state index is -0.115. The molecule has 14 rings (SSSR count). The summed E-state index contributed by atoms with van der Waals surface area (Å²) in [5.74, 6) is 2.37. The molecule has 0 radical (unpaired) electrons. The summed E-state index contributed by atoms with van der Waals surface area (Å²) in [6.07, 6.45) is 12.1. The average molecular weight is 1060 g/mol. The Balaban J connectivity index is 1.26. The predicted octanol–water partition coefficient (Wildman–Crippen LogP) is 19.0. The van der Waals surface area contributed by atoms with Crippen molar-refractivity contribution in [2.45, 2.75) is 157 Å². The van der Waals surface area contributed by atoms with Gasteiger partial charge in [-0.2, -0.15) is 14.0 Å². The molecule has 406 valence electrons. The lowest BCUT2D eigenvalue weighted by Gasteiger charge is -2.32. The molecule has 0 bridgehead atoms. The number of fused-ring (bicyclic) bond motifs is 12. The number of hydrogen-bond acceptors (Lipinski definition) is 1. The summed E-state index contributed by atoms with van der Waals surface area (Å²) in [4.78, 5) is 2.78. The Kier molecular flexibility index (Phi) is 10.7. The van der Waals surface area contributed by atoms with Gasteiger partial charge in [0.05, 0.1) is 11.1 Å². The van der Waals surface area contributed by atoms with Gasteiger partial charge in [-0.15, -0.1) is 0 Å². The molecule has 6 heterocycles. The Labute approximate surface area is 481 Å². The van der Waals surface area contributed by atoms with E-state index in [9.17, 15) is 0 Å². The number of quaternary nitrogens is 1. The standard InChI is InChI=1S/C76H80N5/c1-45-36-60-58-27-23-31-65-69(58)81(70-59(61(60)37-46(45)2)33-32-57-56-24-18-19-28-62(56)79(68(57)70)66-44-49(72(3,4)5)34-35-77(66)81)71-78(65)63-29-20-21-30-64(63)80(71)67-54(47-38-50(73(6,7)8)42-51(39-47)74(9,10)11)25-22-26-55(67)48-40-52(75(12,13)14)43-53(41-48)76(15,16)17/h18-44,63-64H,1-17H3/q+3. The van der Waals surface area contributed by atoms with Gasteiger partial charge < -0.3 is 0 Å². The van der Waals surface area contributed by atoms with Gasteiger partial charge in [0.15, 0.2) is 24.0 Å². The Morgan fingerprint density at radius 2 is 0.963 bits per heavy atom. The van der Waals surface area contributed by atoms with E-state index in [2.05, 4.69) is 300 Å². The first kappa shape index (κ1) is 51.5. The molecular formula is C76H80N5+3. The SMILES string of the molecule is Cc1cc2c(cc1C)-c1ccc3c4ccccc4n4c3c1[N+]1(C3=[N+](c5c(-c6cc(C(C)(C)C)cc(C(C)(C)C)c6)cccc5-c5cc(C(C)(C)C)cc(C(C)(C)C)c5)C5C=CC=CC5N3c3cccc-2c31)[n+]1ccc(C(C)(C)C)cc1-4. The smallest absolute Gasteiger partial charge is 0.181 e. The van der Waals surface area contributed by atoms with Crippen LogP contribution in [0.4, 0.5) is 22.7 Å². The molecule has 9 aromatic rings. The van der Waals surface area contributed by atoms with Crippen molar-refractivity contribution in [2.75, 3.05) is 4.90 Å². The van der Waals surface area contributed by atoms with Crippen molar-refractivity contribution in [3.05, 3.63) is 203 Å². The Hall–Kier alpha value is -7.60. The monoisotopic (exact) mass is 1060 g/mol. The van der Waals surface area contributed by atoms with Crippen molar-refractivity contribution in [3.8, 4) is 50.3 Å². The fourth-order valence-corrected chi connectivity index (χ4v) is 14.2. The van der Waals surface area contributed by atoms with Crippen LogP contribution in [0, 0.1) is 13.8 Å². The predicted molar refractivity (Wildman–Crippen MR) is 342 cm³/mol. The summed E-state index contributed by atoms with van der Waals surface area (Å²) in [7, 11) is 0. The maximum Gasteiger partial charge on any atom is 0.510 e. The number of hydrogen-bond donors (Lipinski definition) is 0. The number of nitrogens with zero attached hydrogens (tertiary/aromatic N) is 5. The van der Waals surface area contributed by atoms with E-state index in [4.69, 9.17) is 0 Å². The zero-order valence-electron chi connectivity index (χ0n) is 51.0. The van der Waals surface area contributed by atoms with E-state index in [0.717, 1.165) is 5.82 Å².